The van der Waals surface area contributed by atoms with E-state index in [4.69, 9.17) is 0 Å². The molecule has 1 aromatic heterocycles. The molecule has 0 bridgehead atoms. The van der Waals surface area contributed by atoms with Crippen LogP contribution < -0.4 is 5.32 Å². The summed E-state index contributed by atoms with van der Waals surface area (Å²) in [6.07, 6.45) is 0.582. The van der Waals surface area contributed by atoms with E-state index in [1.807, 2.05) is 6.92 Å². The number of alkyl halides is 3. The number of nitrogens with zero attached hydrogens (tertiary/aromatic N) is 3. The van der Waals surface area contributed by atoms with E-state index in [-0.39, 0.29) is 12.6 Å². The van der Waals surface area contributed by atoms with Crippen molar-refractivity contribution in [3.8, 4) is 0 Å². The second-order valence-electron chi connectivity index (χ2n) is 4.67. The molecule has 106 valence electrons. The van der Waals surface area contributed by atoms with Crippen molar-refractivity contribution in [2.75, 3.05) is 18.4 Å². The molecule has 0 aromatic carbocycles. The van der Waals surface area contributed by atoms with Gasteiger partial charge < -0.3 is 5.32 Å². The molecule has 1 aromatic rings. The molecule has 4 nitrogen and oxygen atoms in total. The third-order valence-electron chi connectivity index (χ3n) is 2.87. The van der Waals surface area contributed by atoms with Crippen molar-refractivity contribution < 1.29 is 13.2 Å². The summed E-state index contributed by atoms with van der Waals surface area (Å²) in [5.74, 6) is 0.639. The van der Waals surface area contributed by atoms with Gasteiger partial charge in [-0.3, -0.25) is 9.88 Å². The Morgan fingerprint density at radius 2 is 2.05 bits per heavy atom. The van der Waals surface area contributed by atoms with Gasteiger partial charge in [-0.15, -0.1) is 0 Å². The van der Waals surface area contributed by atoms with Crippen LogP contribution in [0.2, 0.25) is 0 Å². The van der Waals surface area contributed by atoms with Gasteiger partial charge >= 0.3 is 6.18 Å². The maximum atomic E-state index is 12.5. The maximum Gasteiger partial charge on any atom is 0.401 e. The second kappa shape index (κ2) is 5.73. The Hall–Kier alpha value is -1.37. The van der Waals surface area contributed by atoms with Gasteiger partial charge in [0.05, 0.1) is 24.6 Å². The van der Waals surface area contributed by atoms with Crippen LogP contribution in [0.4, 0.5) is 19.0 Å². The van der Waals surface area contributed by atoms with E-state index in [1.165, 1.54) is 11.1 Å². The van der Waals surface area contributed by atoms with Gasteiger partial charge in [0.2, 0.25) is 0 Å². The normalized spacial score (nSPS) is 15.8. The number of halogens is 3. The minimum Gasteiger partial charge on any atom is -0.369 e. The van der Waals surface area contributed by atoms with Crippen LogP contribution in [0.1, 0.15) is 25.5 Å². The van der Waals surface area contributed by atoms with Crippen LogP contribution >= 0.6 is 0 Å². The lowest BCUT2D eigenvalue weighted by Gasteiger charge is -2.22. The topological polar surface area (TPSA) is 41.1 Å². The highest BCUT2D eigenvalue weighted by molar-refractivity contribution is 5.30. The lowest BCUT2D eigenvalue weighted by Crippen LogP contribution is -2.35. The van der Waals surface area contributed by atoms with E-state index < -0.39 is 12.7 Å². The van der Waals surface area contributed by atoms with E-state index in [1.54, 1.807) is 6.20 Å². The van der Waals surface area contributed by atoms with Gasteiger partial charge in [0, 0.05) is 19.1 Å². The van der Waals surface area contributed by atoms with Crippen LogP contribution in [0.15, 0.2) is 12.4 Å². The quantitative estimate of drug-likeness (QED) is 0.865. The van der Waals surface area contributed by atoms with Crippen molar-refractivity contribution in [3.05, 3.63) is 18.1 Å². The number of rotatable bonds is 6. The summed E-state index contributed by atoms with van der Waals surface area (Å²) < 4.78 is 37.4. The lowest BCUT2D eigenvalue weighted by atomic mass is 10.3. The monoisotopic (exact) mass is 274 g/mol. The first-order chi connectivity index (χ1) is 8.98. The van der Waals surface area contributed by atoms with Crippen molar-refractivity contribution in [1.29, 1.82) is 0 Å². The lowest BCUT2D eigenvalue weighted by molar-refractivity contribution is -0.148. The molecule has 1 aliphatic rings. The smallest absolute Gasteiger partial charge is 0.369 e. The van der Waals surface area contributed by atoms with Gasteiger partial charge in [0.15, 0.2) is 0 Å². The highest BCUT2D eigenvalue weighted by atomic mass is 19.4. The Kier molecular flexibility index (Phi) is 4.24. The number of nitrogens with one attached hydrogen (secondary N) is 1. The summed E-state index contributed by atoms with van der Waals surface area (Å²) >= 11 is 0. The predicted molar refractivity (Wildman–Crippen MR) is 65.7 cm³/mol. The van der Waals surface area contributed by atoms with Gasteiger partial charge in [-0.25, -0.2) is 4.98 Å². The molecule has 0 saturated heterocycles. The van der Waals surface area contributed by atoms with E-state index in [0.29, 0.717) is 11.5 Å². The summed E-state index contributed by atoms with van der Waals surface area (Å²) in [4.78, 5) is 9.69. The SMILES string of the molecule is CCNc1cnc(CN(CC(F)(F)F)C2CC2)cn1. The fourth-order valence-electron chi connectivity index (χ4n) is 1.90. The second-order valence-corrected chi connectivity index (χ2v) is 4.67. The fraction of sp³-hybridized carbons (Fsp3) is 0.667. The third kappa shape index (κ3) is 4.66. The Balaban J connectivity index is 1.96. The maximum absolute atomic E-state index is 12.5. The molecule has 1 aliphatic carbocycles. The van der Waals surface area contributed by atoms with Crippen LogP contribution in [0.25, 0.3) is 0 Å². The predicted octanol–water partition coefficient (Wildman–Crippen LogP) is 2.44. The Morgan fingerprint density at radius 1 is 1.32 bits per heavy atom. The Labute approximate surface area is 110 Å². The standard InChI is InChI=1S/C12H17F3N4/c1-2-16-11-6-17-9(5-18-11)7-19(10-3-4-10)8-12(13,14)15/h5-6,10H,2-4,7-8H2,1H3,(H,16,18). The van der Waals surface area contributed by atoms with Gasteiger partial charge in [0.1, 0.15) is 5.82 Å². The van der Waals surface area contributed by atoms with Crippen molar-refractivity contribution in [1.82, 2.24) is 14.9 Å². The van der Waals surface area contributed by atoms with E-state index in [9.17, 15) is 13.2 Å². The van der Waals surface area contributed by atoms with Crippen LogP contribution in [0.3, 0.4) is 0 Å². The van der Waals surface area contributed by atoms with Crippen LogP contribution in [0, 0.1) is 0 Å². The molecule has 0 aliphatic heterocycles. The number of hydrogen-bond acceptors (Lipinski definition) is 4. The zero-order valence-electron chi connectivity index (χ0n) is 10.7. The molecule has 19 heavy (non-hydrogen) atoms. The molecular weight excluding hydrogens is 257 g/mol. The minimum atomic E-state index is -4.17. The zero-order chi connectivity index (χ0) is 13.9. The summed E-state index contributed by atoms with van der Waals surface area (Å²) in [6, 6.07) is 0.0388. The fourth-order valence-corrected chi connectivity index (χ4v) is 1.90. The summed E-state index contributed by atoms with van der Waals surface area (Å²) in [6.45, 7) is 1.99. The van der Waals surface area contributed by atoms with Crippen LogP contribution in [0.5, 0.6) is 0 Å². The van der Waals surface area contributed by atoms with Gasteiger partial charge in [-0.2, -0.15) is 13.2 Å². The molecular formula is C12H17F3N4. The molecule has 0 radical (unpaired) electrons. The van der Waals surface area contributed by atoms with Gasteiger partial charge in [0.25, 0.3) is 0 Å². The molecule has 1 heterocycles. The average molecular weight is 274 g/mol. The largest absolute Gasteiger partial charge is 0.401 e. The van der Waals surface area contributed by atoms with Crippen molar-refractivity contribution in [2.24, 2.45) is 0 Å². The minimum absolute atomic E-state index is 0.0388. The van der Waals surface area contributed by atoms with Gasteiger partial charge in [-0.05, 0) is 19.8 Å². The molecule has 1 N–H and O–H groups in total. The van der Waals surface area contributed by atoms with Gasteiger partial charge in [-0.1, -0.05) is 0 Å². The molecule has 0 spiro atoms. The highest BCUT2D eigenvalue weighted by Gasteiger charge is 2.38. The number of anilines is 1. The van der Waals surface area contributed by atoms with Crippen molar-refractivity contribution in [2.45, 2.75) is 38.5 Å². The molecule has 1 saturated carbocycles. The van der Waals surface area contributed by atoms with E-state index in [2.05, 4.69) is 15.3 Å². The first-order valence-corrected chi connectivity index (χ1v) is 6.33. The number of aromatic nitrogens is 2. The zero-order valence-corrected chi connectivity index (χ0v) is 10.7. The molecule has 2 rings (SSSR count). The van der Waals surface area contributed by atoms with E-state index in [0.717, 1.165) is 19.4 Å². The van der Waals surface area contributed by atoms with Crippen molar-refractivity contribution >= 4 is 5.82 Å². The first kappa shape index (κ1) is 14.0. The van der Waals surface area contributed by atoms with E-state index >= 15 is 0 Å². The summed E-state index contributed by atoms with van der Waals surface area (Å²) in [7, 11) is 0. The molecule has 0 amide bonds. The van der Waals surface area contributed by atoms with Crippen LogP contribution in [-0.2, 0) is 6.54 Å². The van der Waals surface area contributed by atoms with Crippen LogP contribution in [-0.4, -0.2) is 40.2 Å². The molecule has 1 fully saturated rings. The molecule has 0 atom stereocenters. The molecule has 7 heteroatoms. The summed E-state index contributed by atoms with van der Waals surface area (Å²) in [5.41, 5.74) is 0.567. The molecule has 0 unspecified atom stereocenters. The first-order valence-electron chi connectivity index (χ1n) is 6.33. The highest BCUT2D eigenvalue weighted by Crippen LogP contribution is 2.31. The summed E-state index contributed by atoms with van der Waals surface area (Å²) in [5, 5.41) is 2.99. The third-order valence-corrected chi connectivity index (χ3v) is 2.87. The average Bonchev–Trinajstić information content (AvgIpc) is 3.13. The number of hydrogen-bond donors (Lipinski definition) is 1. The Morgan fingerprint density at radius 3 is 2.53 bits per heavy atom. The Bertz CT molecular complexity index is 400. The van der Waals surface area contributed by atoms with Crippen molar-refractivity contribution in [3.63, 3.8) is 0 Å².